The van der Waals surface area contributed by atoms with Crippen molar-refractivity contribution in [1.29, 1.82) is 0 Å². The Bertz CT molecular complexity index is 479. The number of rotatable bonds is 1. The number of likely N-dealkylation sites (N-methyl/N-ethyl adjacent to an activating group) is 1. The predicted molar refractivity (Wildman–Crippen MR) is 69.7 cm³/mol. The zero-order valence-electron chi connectivity index (χ0n) is 10.3. The van der Waals surface area contributed by atoms with Gasteiger partial charge in [0.15, 0.2) is 0 Å². The van der Waals surface area contributed by atoms with E-state index >= 15 is 0 Å². The highest BCUT2D eigenvalue weighted by molar-refractivity contribution is 6.29. The molecule has 18 heavy (non-hydrogen) atoms. The molecule has 1 aromatic rings. The lowest BCUT2D eigenvalue weighted by atomic mass is 10.1. The van der Waals surface area contributed by atoms with Crippen LogP contribution >= 0.6 is 11.6 Å². The van der Waals surface area contributed by atoms with E-state index in [0.29, 0.717) is 22.8 Å². The molecule has 0 aliphatic carbocycles. The summed E-state index contributed by atoms with van der Waals surface area (Å²) in [5.74, 6) is 0.637. The van der Waals surface area contributed by atoms with Crippen LogP contribution in [0.1, 0.15) is 16.9 Å². The van der Waals surface area contributed by atoms with Crippen molar-refractivity contribution in [2.45, 2.75) is 12.5 Å². The highest BCUT2D eigenvalue weighted by Gasteiger charge is 2.42. The predicted octanol–water partition coefficient (Wildman–Crippen LogP) is 1.51. The standard InChI is InChI=1S/C13H16ClN3O/c1-16-7-9-5-6-17(11(9)8-16)13(18)10-3-2-4-12(14)15-10/h2-4,9,11H,5-8H2,1H3/t9-,11+/m0/s1. The zero-order valence-corrected chi connectivity index (χ0v) is 11.1. The van der Waals surface area contributed by atoms with Gasteiger partial charge in [-0.05, 0) is 31.5 Å². The summed E-state index contributed by atoms with van der Waals surface area (Å²) >= 11 is 5.84. The molecule has 96 valence electrons. The molecule has 5 heteroatoms. The number of hydrogen-bond donors (Lipinski definition) is 0. The molecule has 2 aliphatic heterocycles. The van der Waals surface area contributed by atoms with Crippen molar-refractivity contribution in [2.24, 2.45) is 5.92 Å². The first-order valence-electron chi connectivity index (χ1n) is 6.27. The van der Waals surface area contributed by atoms with E-state index in [0.717, 1.165) is 26.1 Å². The normalized spacial score (nSPS) is 27.6. The second-order valence-corrected chi connectivity index (χ2v) is 5.57. The van der Waals surface area contributed by atoms with Gasteiger partial charge in [-0.15, -0.1) is 0 Å². The van der Waals surface area contributed by atoms with Crippen LogP contribution in [0.25, 0.3) is 0 Å². The van der Waals surface area contributed by atoms with Crippen molar-refractivity contribution in [3.63, 3.8) is 0 Å². The van der Waals surface area contributed by atoms with E-state index in [1.807, 2.05) is 4.90 Å². The van der Waals surface area contributed by atoms with Gasteiger partial charge in [0.25, 0.3) is 5.91 Å². The van der Waals surface area contributed by atoms with E-state index in [9.17, 15) is 4.79 Å². The van der Waals surface area contributed by atoms with Gasteiger partial charge in [-0.1, -0.05) is 17.7 Å². The Kier molecular flexibility index (Phi) is 2.99. The summed E-state index contributed by atoms with van der Waals surface area (Å²) in [6.07, 6.45) is 1.10. The van der Waals surface area contributed by atoms with Gasteiger partial charge in [-0.25, -0.2) is 4.98 Å². The van der Waals surface area contributed by atoms with Gasteiger partial charge in [0, 0.05) is 25.7 Å². The Labute approximate surface area is 112 Å². The molecule has 3 rings (SSSR count). The Morgan fingerprint density at radius 1 is 1.44 bits per heavy atom. The molecular formula is C13H16ClN3O. The quantitative estimate of drug-likeness (QED) is 0.723. The smallest absolute Gasteiger partial charge is 0.272 e. The topological polar surface area (TPSA) is 36.4 Å². The minimum atomic E-state index is 0.0142. The molecule has 1 amide bonds. The summed E-state index contributed by atoms with van der Waals surface area (Å²) < 4.78 is 0. The third kappa shape index (κ3) is 1.99. The van der Waals surface area contributed by atoms with E-state index in [1.165, 1.54) is 0 Å². The Morgan fingerprint density at radius 3 is 3.06 bits per heavy atom. The molecule has 1 aromatic heterocycles. The van der Waals surface area contributed by atoms with Crippen LogP contribution in [0.3, 0.4) is 0 Å². The number of aromatic nitrogens is 1. The average molecular weight is 266 g/mol. The third-order valence-electron chi connectivity index (χ3n) is 3.93. The second-order valence-electron chi connectivity index (χ2n) is 5.18. The molecule has 4 nitrogen and oxygen atoms in total. The molecule has 0 saturated carbocycles. The van der Waals surface area contributed by atoms with Gasteiger partial charge < -0.3 is 9.80 Å². The maximum Gasteiger partial charge on any atom is 0.272 e. The number of pyridine rings is 1. The van der Waals surface area contributed by atoms with Gasteiger partial charge in [0.1, 0.15) is 10.8 Å². The Morgan fingerprint density at radius 2 is 2.28 bits per heavy atom. The molecule has 0 radical (unpaired) electrons. The lowest BCUT2D eigenvalue weighted by molar-refractivity contribution is 0.0723. The fraction of sp³-hybridized carbons (Fsp3) is 0.538. The van der Waals surface area contributed by atoms with Crippen molar-refractivity contribution in [3.8, 4) is 0 Å². The second kappa shape index (κ2) is 4.52. The fourth-order valence-corrected chi connectivity index (χ4v) is 3.26. The van der Waals surface area contributed by atoms with Crippen LogP contribution in [0.2, 0.25) is 5.15 Å². The molecular weight excluding hydrogens is 250 g/mol. The number of hydrogen-bond acceptors (Lipinski definition) is 3. The monoisotopic (exact) mass is 265 g/mol. The van der Waals surface area contributed by atoms with Crippen LogP contribution in [-0.4, -0.2) is 53.4 Å². The summed E-state index contributed by atoms with van der Waals surface area (Å²) in [6.45, 7) is 2.91. The van der Waals surface area contributed by atoms with E-state index in [4.69, 9.17) is 11.6 Å². The zero-order chi connectivity index (χ0) is 12.7. The summed E-state index contributed by atoms with van der Waals surface area (Å²) in [6, 6.07) is 5.55. The lowest BCUT2D eigenvalue weighted by Gasteiger charge is -2.23. The minimum Gasteiger partial charge on any atom is -0.333 e. The molecule has 2 atom stereocenters. The summed E-state index contributed by atoms with van der Waals surface area (Å²) in [7, 11) is 2.11. The van der Waals surface area contributed by atoms with Crippen LogP contribution in [0.5, 0.6) is 0 Å². The SMILES string of the molecule is CN1C[C@@H]2CCN(C(=O)c3cccc(Cl)n3)[C@@H]2C1. The van der Waals surface area contributed by atoms with E-state index in [1.54, 1.807) is 18.2 Å². The maximum atomic E-state index is 12.4. The molecule has 2 fully saturated rings. The first kappa shape index (κ1) is 11.9. The van der Waals surface area contributed by atoms with Crippen LogP contribution in [-0.2, 0) is 0 Å². The van der Waals surface area contributed by atoms with Crippen molar-refractivity contribution in [3.05, 3.63) is 29.0 Å². The van der Waals surface area contributed by atoms with Gasteiger partial charge in [-0.3, -0.25) is 4.79 Å². The van der Waals surface area contributed by atoms with E-state index in [2.05, 4.69) is 16.9 Å². The summed E-state index contributed by atoms with van der Waals surface area (Å²) in [5, 5.41) is 0.375. The lowest BCUT2D eigenvalue weighted by Crippen LogP contribution is -2.39. The van der Waals surface area contributed by atoms with Crippen molar-refractivity contribution < 1.29 is 4.79 Å². The number of carbonyl (C=O) groups is 1. The van der Waals surface area contributed by atoms with Crippen molar-refractivity contribution >= 4 is 17.5 Å². The molecule has 3 heterocycles. The maximum absolute atomic E-state index is 12.4. The van der Waals surface area contributed by atoms with Crippen LogP contribution in [0.4, 0.5) is 0 Å². The van der Waals surface area contributed by atoms with Gasteiger partial charge in [0.05, 0.1) is 0 Å². The number of amides is 1. The summed E-state index contributed by atoms with van der Waals surface area (Å²) in [5.41, 5.74) is 0.456. The van der Waals surface area contributed by atoms with Gasteiger partial charge >= 0.3 is 0 Å². The highest BCUT2D eigenvalue weighted by atomic mass is 35.5. The molecule has 0 unspecified atom stereocenters. The number of carbonyl (C=O) groups excluding carboxylic acids is 1. The number of fused-ring (bicyclic) bond motifs is 1. The molecule has 0 N–H and O–H groups in total. The highest BCUT2D eigenvalue weighted by Crippen LogP contribution is 2.31. The molecule has 0 aromatic carbocycles. The van der Waals surface area contributed by atoms with Gasteiger partial charge in [0.2, 0.25) is 0 Å². The van der Waals surface area contributed by atoms with E-state index < -0.39 is 0 Å². The first-order valence-corrected chi connectivity index (χ1v) is 6.65. The number of halogens is 1. The first-order chi connectivity index (χ1) is 8.65. The van der Waals surface area contributed by atoms with Gasteiger partial charge in [-0.2, -0.15) is 0 Å². The Balaban J connectivity index is 1.81. The number of likely N-dealkylation sites (tertiary alicyclic amines) is 2. The fourth-order valence-electron chi connectivity index (χ4n) is 3.10. The third-order valence-corrected chi connectivity index (χ3v) is 4.14. The van der Waals surface area contributed by atoms with Crippen molar-refractivity contribution in [1.82, 2.24) is 14.8 Å². The summed E-state index contributed by atoms with van der Waals surface area (Å²) in [4.78, 5) is 20.8. The number of nitrogens with zero attached hydrogens (tertiary/aromatic N) is 3. The van der Waals surface area contributed by atoms with Crippen LogP contribution in [0, 0.1) is 5.92 Å². The minimum absolute atomic E-state index is 0.0142. The molecule has 2 aliphatic rings. The van der Waals surface area contributed by atoms with Crippen LogP contribution < -0.4 is 0 Å². The largest absolute Gasteiger partial charge is 0.333 e. The molecule has 0 bridgehead atoms. The molecule has 2 saturated heterocycles. The van der Waals surface area contributed by atoms with Crippen LogP contribution in [0.15, 0.2) is 18.2 Å². The van der Waals surface area contributed by atoms with E-state index in [-0.39, 0.29) is 5.91 Å². The average Bonchev–Trinajstić information content (AvgIpc) is 2.87. The van der Waals surface area contributed by atoms with Crippen molar-refractivity contribution in [2.75, 3.05) is 26.7 Å². The Hall–Kier alpha value is -1.13. The molecule has 0 spiro atoms.